The molecule has 0 radical (unpaired) electrons. The standard InChI is InChI=1S/C25H33N5O2/c1-18-16-30(17-19(2)32-18)23-8-5-21(6-9-23)26-25(31)27-22-7-10-24-20(15-22)11-12-29(24)14-13-28(3)4/h5-12,15,18-19H,13-14,16-17H2,1-4H3,(H2,26,27,31). The first kappa shape index (κ1) is 22.2. The van der Waals surface area contributed by atoms with Gasteiger partial charge in [0.25, 0.3) is 0 Å². The summed E-state index contributed by atoms with van der Waals surface area (Å²) in [5, 5.41) is 6.97. The van der Waals surface area contributed by atoms with Gasteiger partial charge in [0.2, 0.25) is 0 Å². The molecule has 1 aromatic heterocycles. The highest BCUT2D eigenvalue weighted by atomic mass is 16.5. The van der Waals surface area contributed by atoms with Gasteiger partial charge in [-0.1, -0.05) is 0 Å². The fraction of sp³-hybridized carbons (Fsp3) is 0.400. The highest BCUT2D eigenvalue weighted by Crippen LogP contribution is 2.23. The summed E-state index contributed by atoms with van der Waals surface area (Å²) in [5.74, 6) is 0. The molecule has 1 aliphatic rings. The molecule has 0 saturated carbocycles. The molecule has 7 nitrogen and oxygen atoms in total. The number of rotatable bonds is 6. The lowest BCUT2D eigenvalue weighted by Gasteiger charge is -2.36. The maximum absolute atomic E-state index is 12.5. The smallest absolute Gasteiger partial charge is 0.323 e. The van der Waals surface area contributed by atoms with Crippen molar-refractivity contribution < 1.29 is 9.53 Å². The number of aromatic nitrogens is 1. The number of hydrogen-bond acceptors (Lipinski definition) is 4. The number of urea groups is 1. The molecule has 0 aliphatic carbocycles. The van der Waals surface area contributed by atoms with Crippen LogP contribution in [0.2, 0.25) is 0 Å². The number of anilines is 3. The molecule has 2 N–H and O–H groups in total. The van der Waals surface area contributed by atoms with Crippen LogP contribution in [0.1, 0.15) is 13.8 Å². The summed E-state index contributed by atoms with van der Waals surface area (Å²) in [5.41, 5.74) is 3.84. The normalized spacial score (nSPS) is 18.8. The molecule has 2 aromatic carbocycles. The minimum absolute atomic E-state index is 0.213. The summed E-state index contributed by atoms with van der Waals surface area (Å²) < 4.78 is 8.04. The lowest BCUT2D eigenvalue weighted by molar-refractivity contribution is -0.00521. The van der Waals surface area contributed by atoms with Gasteiger partial charge in [-0.25, -0.2) is 4.79 Å². The lowest BCUT2D eigenvalue weighted by atomic mass is 10.2. The summed E-state index contributed by atoms with van der Waals surface area (Å²) >= 11 is 0. The first-order chi connectivity index (χ1) is 15.4. The van der Waals surface area contributed by atoms with Gasteiger partial charge >= 0.3 is 6.03 Å². The van der Waals surface area contributed by atoms with Crippen LogP contribution in [0.25, 0.3) is 10.9 Å². The monoisotopic (exact) mass is 435 g/mol. The molecule has 1 aliphatic heterocycles. The van der Waals surface area contributed by atoms with Crippen molar-refractivity contribution in [3.05, 3.63) is 54.7 Å². The molecule has 170 valence electrons. The third-order valence-corrected chi connectivity index (χ3v) is 5.73. The van der Waals surface area contributed by atoms with Crippen molar-refractivity contribution in [2.75, 3.05) is 49.3 Å². The number of hydrogen-bond donors (Lipinski definition) is 2. The molecule has 2 atom stereocenters. The highest BCUT2D eigenvalue weighted by molar-refractivity contribution is 6.01. The molecular weight excluding hydrogens is 402 g/mol. The number of nitrogens with zero attached hydrogens (tertiary/aromatic N) is 3. The molecule has 2 amide bonds. The molecule has 1 saturated heterocycles. The minimum Gasteiger partial charge on any atom is -0.372 e. The van der Waals surface area contributed by atoms with Crippen LogP contribution in [0, 0.1) is 0 Å². The molecule has 32 heavy (non-hydrogen) atoms. The Kier molecular flexibility index (Phi) is 6.67. The number of benzene rings is 2. The number of amides is 2. The minimum atomic E-state index is -0.252. The summed E-state index contributed by atoms with van der Waals surface area (Å²) in [6, 6.07) is 15.8. The second kappa shape index (κ2) is 9.63. The van der Waals surface area contributed by atoms with Gasteiger partial charge in [0.05, 0.1) is 12.2 Å². The summed E-state index contributed by atoms with van der Waals surface area (Å²) in [6.07, 6.45) is 2.52. The zero-order valence-corrected chi connectivity index (χ0v) is 19.3. The fourth-order valence-corrected chi connectivity index (χ4v) is 4.22. The van der Waals surface area contributed by atoms with Crippen molar-refractivity contribution in [1.29, 1.82) is 0 Å². The molecule has 4 rings (SSSR count). The number of fused-ring (bicyclic) bond motifs is 1. The van der Waals surface area contributed by atoms with E-state index in [1.165, 1.54) is 5.52 Å². The van der Waals surface area contributed by atoms with Gasteiger partial charge in [-0.15, -0.1) is 0 Å². The Hall–Kier alpha value is -3.03. The zero-order valence-electron chi connectivity index (χ0n) is 19.3. The van der Waals surface area contributed by atoms with Gasteiger partial charge in [-0.2, -0.15) is 0 Å². The second-order valence-electron chi connectivity index (χ2n) is 8.87. The van der Waals surface area contributed by atoms with Crippen LogP contribution in [-0.4, -0.2) is 61.4 Å². The van der Waals surface area contributed by atoms with E-state index in [0.29, 0.717) is 0 Å². The van der Waals surface area contributed by atoms with Crippen LogP contribution in [0.4, 0.5) is 21.9 Å². The molecule has 1 fully saturated rings. The van der Waals surface area contributed by atoms with Crippen molar-refractivity contribution in [2.45, 2.75) is 32.6 Å². The van der Waals surface area contributed by atoms with Crippen LogP contribution in [0.5, 0.6) is 0 Å². The van der Waals surface area contributed by atoms with E-state index in [1.54, 1.807) is 0 Å². The van der Waals surface area contributed by atoms with Crippen LogP contribution in [-0.2, 0) is 11.3 Å². The summed E-state index contributed by atoms with van der Waals surface area (Å²) in [6.45, 7) is 7.85. The number of carbonyl (C=O) groups excluding carboxylic acids is 1. The van der Waals surface area contributed by atoms with Crippen LogP contribution < -0.4 is 15.5 Å². The molecule has 0 spiro atoms. The highest BCUT2D eigenvalue weighted by Gasteiger charge is 2.22. The van der Waals surface area contributed by atoms with E-state index in [9.17, 15) is 4.79 Å². The van der Waals surface area contributed by atoms with E-state index in [2.05, 4.69) is 71.3 Å². The predicted octanol–water partition coefficient (Wildman–Crippen LogP) is 4.46. The number of nitrogens with one attached hydrogen (secondary N) is 2. The Morgan fingerprint density at radius 1 is 1.00 bits per heavy atom. The van der Waals surface area contributed by atoms with E-state index < -0.39 is 0 Å². The molecule has 2 heterocycles. The largest absolute Gasteiger partial charge is 0.372 e. The van der Waals surface area contributed by atoms with E-state index >= 15 is 0 Å². The summed E-state index contributed by atoms with van der Waals surface area (Å²) in [7, 11) is 4.15. The Labute approximate surface area is 189 Å². The number of ether oxygens (including phenoxy) is 1. The van der Waals surface area contributed by atoms with Gasteiger partial charge in [0, 0.05) is 60.3 Å². The topological polar surface area (TPSA) is 61.8 Å². The lowest BCUT2D eigenvalue weighted by Crippen LogP contribution is -2.45. The third-order valence-electron chi connectivity index (χ3n) is 5.73. The molecule has 7 heteroatoms. The first-order valence-corrected chi connectivity index (χ1v) is 11.2. The summed E-state index contributed by atoms with van der Waals surface area (Å²) in [4.78, 5) is 17.0. The Balaban J connectivity index is 1.35. The van der Waals surface area contributed by atoms with E-state index in [1.807, 2.05) is 36.4 Å². The average Bonchev–Trinajstić information content (AvgIpc) is 3.14. The molecule has 3 aromatic rings. The van der Waals surface area contributed by atoms with Crippen molar-refractivity contribution in [2.24, 2.45) is 0 Å². The second-order valence-corrected chi connectivity index (χ2v) is 8.87. The number of morpholine rings is 1. The Morgan fingerprint density at radius 3 is 2.34 bits per heavy atom. The Bertz CT molecular complexity index is 1050. The first-order valence-electron chi connectivity index (χ1n) is 11.2. The molecular formula is C25H33N5O2. The molecule has 2 unspecified atom stereocenters. The van der Waals surface area contributed by atoms with Crippen LogP contribution >= 0.6 is 0 Å². The molecule has 0 bridgehead atoms. The van der Waals surface area contributed by atoms with Gasteiger partial charge in [-0.05, 0) is 76.5 Å². The number of likely N-dealkylation sites (N-methyl/N-ethyl adjacent to an activating group) is 1. The van der Waals surface area contributed by atoms with E-state index in [-0.39, 0.29) is 18.2 Å². The van der Waals surface area contributed by atoms with Crippen molar-refractivity contribution in [3.63, 3.8) is 0 Å². The predicted molar refractivity (Wildman–Crippen MR) is 132 cm³/mol. The van der Waals surface area contributed by atoms with Gasteiger partial charge in [0.15, 0.2) is 0 Å². The van der Waals surface area contributed by atoms with E-state index in [4.69, 9.17) is 4.74 Å². The number of carbonyl (C=O) groups is 1. The Morgan fingerprint density at radius 2 is 1.66 bits per heavy atom. The maximum atomic E-state index is 12.5. The van der Waals surface area contributed by atoms with E-state index in [0.717, 1.165) is 48.6 Å². The average molecular weight is 436 g/mol. The van der Waals surface area contributed by atoms with Gasteiger partial charge < -0.3 is 29.7 Å². The third kappa shape index (κ3) is 5.41. The maximum Gasteiger partial charge on any atom is 0.323 e. The quantitative estimate of drug-likeness (QED) is 0.600. The van der Waals surface area contributed by atoms with Crippen LogP contribution in [0.3, 0.4) is 0 Å². The van der Waals surface area contributed by atoms with Crippen molar-refractivity contribution in [3.8, 4) is 0 Å². The SMILES string of the molecule is CC1CN(c2ccc(NC(=O)Nc3ccc4c(ccn4CCN(C)C)c3)cc2)CC(C)O1. The van der Waals surface area contributed by atoms with Crippen molar-refractivity contribution in [1.82, 2.24) is 9.47 Å². The zero-order chi connectivity index (χ0) is 22.7. The van der Waals surface area contributed by atoms with Gasteiger partial charge in [-0.3, -0.25) is 0 Å². The van der Waals surface area contributed by atoms with Crippen LogP contribution in [0.15, 0.2) is 54.7 Å². The fourth-order valence-electron chi connectivity index (χ4n) is 4.22. The van der Waals surface area contributed by atoms with Gasteiger partial charge in [0.1, 0.15) is 0 Å². The van der Waals surface area contributed by atoms with Crippen molar-refractivity contribution >= 4 is 34.0 Å².